The summed E-state index contributed by atoms with van der Waals surface area (Å²) in [5, 5.41) is 3.04. The van der Waals surface area contributed by atoms with Gasteiger partial charge in [0.05, 0.1) is 25.4 Å². The maximum absolute atomic E-state index is 12.6. The Morgan fingerprint density at radius 1 is 1.15 bits per heavy atom. The van der Waals surface area contributed by atoms with Gasteiger partial charge in [-0.2, -0.15) is 0 Å². The lowest BCUT2D eigenvalue weighted by Crippen LogP contribution is -2.43. The van der Waals surface area contributed by atoms with E-state index in [1.165, 1.54) is 0 Å². The standard InChI is InChI=1S/C21H28N2O4/c1-15(2)26-18-7-5-17(6-8-18)21(24)22-14-19(20-9-4-16(3)27-20)23-10-12-25-13-11-23/h4-9,15,19H,10-14H2,1-3H3,(H,22,24)/t19-/m1/s1. The first-order chi connectivity index (χ1) is 13.0. The monoisotopic (exact) mass is 372 g/mol. The molecule has 6 heteroatoms. The summed E-state index contributed by atoms with van der Waals surface area (Å²) >= 11 is 0. The molecule has 1 aliphatic heterocycles. The van der Waals surface area contributed by atoms with Gasteiger partial charge in [0, 0.05) is 25.2 Å². The van der Waals surface area contributed by atoms with Crippen LogP contribution in [0, 0.1) is 6.92 Å². The highest BCUT2D eigenvalue weighted by Crippen LogP contribution is 2.23. The van der Waals surface area contributed by atoms with E-state index in [0.29, 0.717) is 25.3 Å². The third kappa shape index (κ3) is 5.34. The topological polar surface area (TPSA) is 63.9 Å². The van der Waals surface area contributed by atoms with Crippen molar-refractivity contribution in [3.8, 4) is 5.75 Å². The second kappa shape index (κ2) is 9.06. The number of benzene rings is 1. The molecule has 0 spiro atoms. The second-order valence-corrected chi connectivity index (χ2v) is 7.01. The van der Waals surface area contributed by atoms with Crippen molar-refractivity contribution in [2.75, 3.05) is 32.8 Å². The molecule has 0 radical (unpaired) electrons. The Hall–Kier alpha value is -2.31. The third-order valence-corrected chi connectivity index (χ3v) is 4.52. The molecule has 3 rings (SSSR count). The summed E-state index contributed by atoms with van der Waals surface area (Å²) in [5.74, 6) is 2.40. The Bertz CT molecular complexity index is 733. The molecule has 1 atom stereocenters. The van der Waals surface area contributed by atoms with E-state index >= 15 is 0 Å². The van der Waals surface area contributed by atoms with Gasteiger partial charge in [-0.05, 0) is 57.2 Å². The van der Waals surface area contributed by atoms with E-state index in [-0.39, 0.29) is 18.1 Å². The van der Waals surface area contributed by atoms with Crippen molar-refractivity contribution in [1.82, 2.24) is 10.2 Å². The van der Waals surface area contributed by atoms with Crippen LogP contribution in [0.5, 0.6) is 5.75 Å². The van der Waals surface area contributed by atoms with Crippen LogP contribution in [-0.4, -0.2) is 49.8 Å². The largest absolute Gasteiger partial charge is 0.491 e. The van der Waals surface area contributed by atoms with Crippen LogP contribution in [0.25, 0.3) is 0 Å². The molecule has 0 aliphatic carbocycles. The molecular formula is C21H28N2O4. The third-order valence-electron chi connectivity index (χ3n) is 4.52. The van der Waals surface area contributed by atoms with Gasteiger partial charge in [0.25, 0.3) is 5.91 Å². The molecule has 1 aromatic carbocycles. The van der Waals surface area contributed by atoms with E-state index in [1.807, 2.05) is 45.0 Å². The zero-order valence-electron chi connectivity index (χ0n) is 16.2. The van der Waals surface area contributed by atoms with Gasteiger partial charge in [-0.25, -0.2) is 0 Å². The van der Waals surface area contributed by atoms with Crippen LogP contribution in [0.1, 0.15) is 41.8 Å². The first-order valence-corrected chi connectivity index (χ1v) is 9.46. The fraction of sp³-hybridized carbons (Fsp3) is 0.476. The number of carbonyl (C=O) groups excluding carboxylic acids is 1. The number of nitrogens with one attached hydrogen (secondary N) is 1. The van der Waals surface area contributed by atoms with Gasteiger partial charge in [0.2, 0.25) is 0 Å². The molecular weight excluding hydrogens is 344 g/mol. The maximum Gasteiger partial charge on any atom is 0.251 e. The van der Waals surface area contributed by atoms with Crippen LogP contribution in [0.15, 0.2) is 40.8 Å². The highest BCUT2D eigenvalue weighted by Gasteiger charge is 2.25. The van der Waals surface area contributed by atoms with Gasteiger partial charge in [0.15, 0.2) is 0 Å². The SMILES string of the molecule is Cc1ccc([C@@H](CNC(=O)c2ccc(OC(C)C)cc2)N2CCOCC2)o1. The van der Waals surface area contributed by atoms with E-state index in [4.69, 9.17) is 13.9 Å². The fourth-order valence-corrected chi connectivity index (χ4v) is 3.18. The number of morpholine rings is 1. The number of furan rings is 1. The summed E-state index contributed by atoms with van der Waals surface area (Å²) in [4.78, 5) is 14.9. The molecule has 0 bridgehead atoms. The van der Waals surface area contributed by atoms with Crippen LogP contribution in [0.3, 0.4) is 0 Å². The zero-order chi connectivity index (χ0) is 19.2. The van der Waals surface area contributed by atoms with Crippen LogP contribution >= 0.6 is 0 Å². The number of carbonyl (C=O) groups is 1. The van der Waals surface area contributed by atoms with Crippen molar-refractivity contribution >= 4 is 5.91 Å². The quantitative estimate of drug-likeness (QED) is 0.809. The smallest absolute Gasteiger partial charge is 0.251 e. The van der Waals surface area contributed by atoms with Gasteiger partial charge >= 0.3 is 0 Å². The van der Waals surface area contributed by atoms with Crippen molar-refractivity contribution in [2.24, 2.45) is 0 Å². The van der Waals surface area contributed by atoms with E-state index < -0.39 is 0 Å². The lowest BCUT2D eigenvalue weighted by atomic mass is 10.1. The van der Waals surface area contributed by atoms with Crippen LogP contribution in [0.2, 0.25) is 0 Å². The highest BCUT2D eigenvalue weighted by atomic mass is 16.5. The van der Waals surface area contributed by atoms with E-state index in [0.717, 1.165) is 30.4 Å². The van der Waals surface area contributed by atoms with Gasteiger partial charge in [-0.1, -0.05) is 0 Å². The van der Waals surface area contributed by atoms with Gasteiger partial charge < -0.3 is 19.2 Å². The minimum atomic E-state index is -0.104. The van der Waals surface area contributed by atoms with Crippen molar-refractivity contribution in [3.05, 3.63) is 53.5 Å². The Balaban J connectivity index is 1.64. The molecule has 0 saturated carbocycles. The Labute approximate surface area is 160 Å². The normalized spacial score (nSPS) is 16.3. The average Bonchev–Trinajstić information content (AvgIpc) is 3.09. The lowest BCUT2D eigenvalue weighted by Gasteiger charge is -2.33. The van der Waals surface area contributed by atoms with Crippen molar-refractivity contribution in [3.63, 3.8) is 0 Å². The Kier molecular flexibility index (Phi) is 6.53. The molecule has 146 valence electrons. The van der Waals surface area contributed by atoms with Crippen LogP contribution < -0.4 is 10.1 Å². The van der Waals surface area contributed by atoms with Crippen molar-refractivity contribution in [2.45, 2.75) is 32.9 Å². The average molecular weight is 372 g/mol. The summed E-state index contributed by atoms with van der Waals surface area (Å²) in [6.45, 7) is 9.40. The fourth-order valence-electron chi connectivity index (χ4n) is 3.18. The number of rotatable bonds is 7. The molecule has 6 nitrogen and oxygen atoms in total. The predicted molar refractivity (Wildman–Crippen MR) is 103 cm³/mol. The molecule has 2 aromatic rings. The molecule has 1 aromatic heterocycles. The van der Waals surface area contributed by atoms with Gasteiger partial charge in [-0.15, -0.1) is 0 Å². The molecule has 27 heavy (non-hydrogen) atoms. The highest BCUT2D eigenvalue weighted by molar-refractivity contribution is 5.94. The number of hydrogen-bond acceptors (Lipinski definition) is 5. The Morgan fingerprint density at radius 3 is 2.44 bits per heavy atom. The van der Waals surface area contributed by atoms with E-state index in [2.05, 4.69) is 10.2 Å². The molecule has 0 unspecified atom stereocenters. The minimum Gasteiger partial charge on any atom is -0.491 e. The number of hydrogen-bond donors (Lipinski definition) is 1. The summed E-state index contributed by atoms with van der Waals surface area (Å²) in [5.41, 5.74) is 0.613. The van der Waals surface area contributed by atoms with Crippen LogP contribution in [-0.2, 0) is 4.74 Å². The number of nitrogens with zero attached hydrogens (tertiary/aromatic N) is 1. The second-order valence-electron chi connectivity index (χ2n) is 7.01. The molecule has 1 N–H and O–H groups in total. The summed E-state index contributed by atoms with van der Waals surface area (Å²) in [7, 11) is 0. The first kappa shape index (κ1) is 19.5. The minimum absolute atomic E-state index is 0.00454. The predicted octanol–water partition coefficient (Wildman–Crippen LogP) is 3.18. The lowest BCUT2D eigenvalue weighted by molar-refractivity contribution is 0.0117. The maximum atomic E-state index is 12.6. The van der Waals surface area contributed by atoms with Crippen molar-refractivity contribution < 1.29 is 18.7 Å². The van der Waals surface area contributed by atoms with Crippen molar-refractivity contribution in [1.29, 1.82) is 0 Å². The number of aryl methyl sites for hydroxylation is 1. The zero-order valence-corrected chi connectivity index (χ0v) is 16.2. The number of amides is 1. The summed E-state index contributed by atoms with van der Waals surface area (Å²) < 4.78 is 16.9. The van der Waals surface area contributed by atoms with E-state index in [1.54, 1.807) is 12.1 Å². The molecule has 2 heterocycles. The van der Waals surface area contributed by atoms with Gasteiger partial charge in [0.1, 0.15) is 17.3 Å². The van der Waals surface area contributed by atoms with Crippen LogP contribution in [0.4, 0.5) is 0 Å². The number of ether oxygens (including phenoxy) is 2. The molecule has 1 aliphatic rings. The molecule has 1 fully saturated rings. The Morgan fingerprint density at radius 2 is 1.85 bits per heavy atom. The molecule has 1 amide bonds. The first-order valence-electron chi connectivity index (χ1n) is 9.46. The summed E-state index contributed by atoms with van der Waals surface area (Å²) in [6.07, 6.45) is 0.107. The summed E-state index contributed by atoms with van der Waals surface area (Å²) in [6, 6.07) is 11.2. The van der Waals surface area contributed by atoms with Gasteiger partial charge in [-0.3, -0.25) is 9.69 Å². The van der Waals surface area contributed by atoms with E-state index in [9.17, 15) is 4.79 Å². The molecule has 1 saturated heterocycles.